The molecule has 4 atom stereocenters. The van der Waals surface area contributed by atoms with Crippen LogP contribution in [0.25, 0.3) is 0 Å². The molecule has 2 fully saturated rings. The molecule has 3 aromatic rings. The molecular weight excluding hydrogens is 494 g/mol. The summed E-state index contributed by atoms with van der Waals surface area (Å²) < 4.78 is 11.3. The van der Waals surface area contributed by atoms with Gasteiger partial charge in [-0.2, -0.15) is 5.10 Å². The number of nitrogens with zero attached hydrogens (tertiary/aromatic N) is 3. The Balaban J connectivity index is 1.35. The van der Waals surface area contributed by atoms with E-state index in [1.807, 2.05) is 24.3 Å². The van der Waals surface area contributed by atoms with Gasteiger partial charge in [0, 0.05) is 16.7 Å². The number of hydrogen-bond donors (Lipinski definition) is 0. The number of imide groups is 1. The molecule has 184 valence electrons. The van der Waals surface area contributed by atoms with Crippen molar-refractivity contribution in [3.05, 3.63) is 88.4 Å². The second-order valence-electron chi connectivity index (χ2n) is 9.41. The zero-order valence-electron chi connectivity index (χ0n) is 19.4. The quantitative estimate of drug-likeness (QED) is 0.390. The molecule has 4 aliphatic heterocycles. The smallest absolute Gasteiger partial charge is 0.240 e. The predicted octanol–water partition coefficient (Wildman–Crippen LogP) is 3.87. The van der Waals surface area contributed by atoms with Gasteiger partial charge in [0.15, 0.2) is 17.3 Å². The standard InChI is InChI=1S/C28H20ClN3O5/c29-17-7-5-15(6-8-17)26(33)25-23-22(24-19-4-2-1-3-16(19)14-30-32(24)25)27(34)31(28(23)35)18-9-10-20-21(13-18)37-12-11-36-20/h1-10,13-14,22-25H,11-12H2/t22-,23-,24-,25+/m1/s1. The van der Waals surface area contributed by atoms with E-state index in [-0.39, 0.29) is 11.7 Å². The summed E-state index contributed by atoms with van der Waals surface area (Å²) in [5, 5.41) is 6.73. The lowest BCUT2D eigenvalue weighted by Crippen LogP contribution is -2.44. The van der Waals surface area contributed by atoms with Crippen LogP contribution in [-0.4, -0.2) is 48.1 Å². The predicted molar refractivity (Wildman–Crippen MR) is 135 cm³/mol. The summed E-state index contributed by atoms with van der Waals surface area (Å²) in [6.45, 7) is 0.817. The molecule has 37 heavy (non-hydrogen) atoms. The average molecular weight is 514 g/mol. The first kappa shape index (κ1) is 22.1. The molecule has 0 N–H and O–H groups in total. The van der Waals surface area contributed by atoms with Gasteiger partial charge in [-0.3, -0.25) is 19.4 Å². The highest BCUT2D eigenvalue weighted by Gasteiger charge is 2.65. The van der Waals surface area contributed by atoms with Gasteiger partial charge >= 0.3 is 0 Å². The Kier molecular flexibility index (Phi) is 4.87. The molecule has 7 rings (SSSR count). The second kappa shape index (κ2) is 8.18. The van der Waals surface area contributed by atoms with Crippen molar-refractivity contribution >= 4 is 41.1 Å². The lowest BCUT2D eigenvalue weighted by molar-refractivity contribution is -0.124. The fourth-order valence-electron chi connectivity index (χ4n) is 5.88. The number of carbonyl (C=O) groups excluding carboxylic acids is 3. The number of ketones is 1. The summed E-state index contributed by atoms with van der Waals surface area (Å²) in [5.41, 5.74) is 2.52. The number of hydrogen-bond acceptors (Lipinski definition) is 7. The van der Waals surface area contributed by atoms with E-state index in [4.69, 9.17) is 21.1 Å². The summed E-state index contributed by atoms with van der Waals surface area (Å²) in [7, 11) is 0. The molecule has 0 unspecified atom stereocenters. The number of rotatable bonds is 3. The third-order valence-corrected chi connectivity index (χ3v) is 7.73. The Hall–Kier alpha value is -4.17. The van der Waals surface area contributed by atoms with Crippen LogP contribution in [0.5, 0.6) is 11.5 Å². The van der Waals surface area contributed by atoms with Crippen molar-refractivity contribution in [3.8, 4) is 11.5 Å². The van der Waals surface area contributed by atoms with Crippen molar-refractivity contribution in [2.75, 3.05) is 18.1 Å². The van der Waals surface area contributed by atoms with Crippen LogP contribution in [-0.2, 0) is 9.59 Å². The van der Waals surface area contributed by atoms with Gasteiger partial charge in [0.2, 0.25) is 11.8 Å². The van der Waals surface area contributed by atoms with Crippen molar-refractivity contribution in [1.82, 2.24) is 5.01 Å². The van der Waals surface area contributed by atoms with Gasteiger partial charge in [-0.15, -0.1) is 0 Å². The lowest BCUT2D eigenvalue weighted by atomic mass is 9.83. The van der Waals surface area contributed by atoms with Gasteiger partial charge in [-0.05, 0) is 47.5 Å². The summed E-state index contributed by atoms with van der Waals surface area (Å²) in [6.07, 6.45) is 1.68. The number of anilines is 1. The van der Waals surface area contributed by atoms with Gasteiger partial charge in [0.1, 0.15) is 19.3 Å². The normalized spacial score (nSPS) is 25.1. The van der Waals surface area contributed by atoms with E-state index in [0.29, 0.717) is 41.0 Å². The minimum Gasteiger partial charge on any atom is -0.486 e. The molecule has 2 amide bonds. The Morgan fingerprint density at radius 3 is 2.43 bits per heavy atom. The SMILES string of the molecule is O=C(c1ccc(Cl)cc1)[C@@H]1[C@@H]2C(=O)N(c3ccc4c(c3)OCCO4)C(=O)[C@H]2[C@H]2c3ccccc3C=NN12. The van der Waals surface area contributed by atoms with Crippen LogP contribution in [0, 0.1) is 11.8 Å². The molecule has 0 aromatic heterocycles. The molecule has 9 heteroatoms. The number of benzene rings is 3. The van der Waals surface area contributed by atoms with Crippen LogP contribution in [0.3, 0.4) is 0 Å². The Labute approximate surface area is 217 Å². The van der Waals surface area contributed by atoms with Gasteiger partial charge in [-0.25, -0.2) is 4.90 Å². The number of ether oxygens (including phenoxy) is 2. The first-order chi connectivity index (χ1) is 18.0. The average Bonchev–Trinajstić information content (AvgIpc) is 3.40. The third-order valence-electron chi connectivity index (χ3n) is 7.47. The van der Waals surface area contributed by atoms with E-state index in [1.165, 1.54) is 4.90 Å². The van der Waals surface area contributed by atoms with Crippen LogP contribution in [0.2, 0.25) is 5.02 Å². The molecule has 4 aliphatic rings. The maximum Gasteiger partial charge on any atom is 0.240 e. The largest absolute Gasteiger partial charge is 0.486 e. The minimum atomic E-state index is -0.945. The third kappa shape index (κ3) is 3.22. The highest BCUT2D eigenvalue weighted by molar-refractivity contribution is 6.30. The first-order valence-corrected chi connectivity index (χ1v) is 12.4. The molecule has 2 saturated heterocycles. The fourth-order valence-corrected chi connectivity index (χ4v) is 6.00. The number of fused-ring (bicyclic) bond motifs is 6. The number of Topliss-reactive ketones (excluding diaryl/α,β-unsaturated/α-hetero) is 1. The molecule has 0 bridgehead atoms. The number of halogens is 1. The number of hydrazone groups is 1. The van der Waals surface area contributed by atoms with Crippen molar-refractivity contribution in [1.29, 1.82) is 0 Å². The van der Waals surface area contributed by atoms with E-state index in [2.05, 4.69) is 5.10 Å². The van der Waals surface area contributed by atoms with Crippen LogP contribution in [0.1, 0.15) is 27.5 Å². The van der Waals surface area contributed by atoms with E-state index < -0.39 is 29.8 Å². The van der Waals surface area contributed by atoms with Crippen molar-refractivity contribution in [3.63, 3.8) is 0 Å². The maximum absolute atomic E-state index is 14.0. The van der Waals surface area contributed by atoms with Crippen molar-refractivity contribution in [2.45, 2.75) is 12.1 Å². The van der Waals surface area contributed by atoms with Crippen LogP contribution < -0.4 is 14.4 Å². The summed E-state index contributed by atoms with van der Waals surface area (Å²) >= 11 is 6.04. The summed E-state index contributed by atoms with van der Waals surface area (Å²) in [6, 6.07) is 17.7. The highest BCUT2D eigenvalue weighted by Crippen LogP contribution is 2.53. The van der Waals surface area contributed by atoms with E-state index in [9.17, 15) is 14.4 Å². The molecule has 0 spiro atoms. The first-order valence-electron chi connectivity index (χ1n) is 12.0. The molecule has 8 nitrogen and oxygen atoms in total. The fraction of sp³-hybridized carbons (Fsp3) is 0.214. The number of amides is 2. The minimum absolute atomic E-state index is 0.282. The van der Waals surface area contributed by atoms with Crippen LogP contribution in [0.15, 0.2) is 71.8 Å². The van der Waals surface area contributed by atoms with Crippen LogP contribution in [0.4, 0.5) is 5.69 Å². The molecule has 0 radical (unpaired) electrons. The lowest BCUT2D eigenvalue weighted by Gasteiger charge is -2.33. The van der Waals surface area contributed by atoms with E-state index in [0.717, 1.165) is 11.1 Å². The zero-order valence-corrected chi connectivity index (χ0v) is 20.2. The van der Waals surface area contributed by atoms with Crippen LogP contribution >= 0.6 is 11.6 Å². The number of carbonyl (C=O) groups is 3. The topological polar surface area (TPSA) is 88.5 Å². The Morgan fingerprint density at radius 2 is 1.62 bits per heavy atom. The van der Waals surface area contributed by atoms with Gasteiger partial charge in [0.25, 0.3) is 0 Å². The second-order valence-corrected chi connectivity index (χ2v) is 9.84. The molecular formula is C28H20ClN3O5. The van der Waals surface area contributed by atoms with E-state index >= 15 is 0 Å². The Morgan fingerprint density at radius 1 is 0.892 bits per heavy atom. The van der Waals surface area contributed by atoms with Crippen molar-refractivity contribution < 1.29 is 23.9 Å². The zero-order chi connectivity index (χ0) is 25.3. The molecule has 3 aromatic carbocycles. The monoisotopic (exact) mass is 513 g/mol. The van der Waals surface area contributed by atoms with Gasteiger partial charge in [-0.1, -0.05) is 35.9 Å². The molecule has 0 aliphatic carbocycles. The van der Waals surface area contributed by atoms with Crippen molar-refractivity contribution in [2.24, 2.45) is 16.9 Å². The molecule has 0 saturated carbocycles. The summed E-state index contributed by atoms with van der Waals surface area (Å²) in [4.78, 5) is 43.1. The Bertz CT molecular complexity index is 1500. The van der Waals surface area contributed by atoms with Gasteiger partial charge in [0.05, 0.1) is 29.8 Å². The molecule has 4 heterocycles. The van der Waals surface area contributed by atoms with E-state index in [1.54, 1.807) is 53.7 Å². The highest BCUT2D eigenvalue weighted by atomic mass is 35.5. The summed E-state index contributed by atoms with van der Waals surface area (Å²) in [5.74, 6) is -1.72. The van der Waals surface area contributed by atoms with Gasteiger partial charge < -0.3 is 9.47 Å². The maximum atomic E-state index is 14.0.